The molecule has 1 aromatic carbocycles. The van der Waals surface area contributed by atoms with Crippen molar-refractivity contribution in [2.75, 3.05) is 24.8 Å². The second-order valence-electron chi connectivity index (χ2n) is 6.57. The van der Waals surface area contributed by atoms with E-state index in [4.69, 9.17) is 9.47 Å². The smallest absolute Gasteiger partial charge is 0.242 e. The molecule has 3 aromatic rings. The number of anilines is 1. The number of hydrogen-bond donors (Lipinski definition) is 1. The Bertz CT molecular complexity index is 1130. The van der Waals surface area contributed by atoms with Crippen molar-refractivity contribution in [3.8, 4) is 23.0 Å². The number of aryl methyl sites for hydroxylation is 1. The SMILES string of the molecule is COc1ccc(N(C(=O)CCc2ccc(-c3ccccc3)[nH]2)S(C)(=O)=O)c(OC)n1. The number of aromatic nitrogens is 2. The molecule has 0 spiro atoms. The average Bonchev–Trinajstić information content (AvgIpc) is 3.21. The molecule has 8 nitrogen and oxygen atoms in total. The molecule has 3 rings (SSSR count). The Morgan fingerprint density at radius 1 is 1.03 bits per heavy atom. The number of benzene rings is 1. The summed E-state index contributed by atoms with van der Waals surface area (Å²) in [6.45, 7) is 0. The van der Waals surface area contributed by atoms with Crippen LogP contribution < -0.4 is 13.8 Å². The molecule has 1 N–H and O–H groups in total. The maximum absolute atomic E-state index is 12.9. The van der Waals surface area contributed by atoms with E-state index in [1.165, 1.54) is 26.4 Å². The Morgan fingerprint density at radius 3 is 2.40 bits per heavy atom. The van der Waals surface area contributed by atoms with E-state index in [2.05, 4.69) is 9.97 Å². The molecule has 0 bridgehead atoms. The van der Waals surface area contributed by atoms with Crippen LogP contribution in [0.1, 0.15) is 12.1 Å². The van der Waals surface area contributed by atoms with Gasteiger partial charge < -0.3 is 14.5 Å². The Morgan fingerprint density at radius 2 is 1.77 bits per heavy atom. The molecule has 2 heterocycles. The zero-order valence-corrected chi connectivity index (χ0v) is 17.8. The van der Waals surface area contributed by atoms with Crippen molar-refractivity contribution < 1.29 is 22.7 Å². The first-order valence-electron chi connectivity index (χ1n) is 9.19. The summed E-state index contributed by atoms with van der Waals surface area (Å²) in [5.74, 6) is -0.352. The number of methoxy groups -OCH3 is 2. The van der Waals surface area contributed by atoms with Crippen molar-refractivity contribution in [3.63, 3.8) is 0 Å². The summed E-state index contributed by atoms with van der Waals surface area (Å²) >= 11 is 0. The van der Waals surface area contributed by atoms with Gasteiger partial charge in [-0.3, -0.25) is 4.79 Å². The van der Waals surface area contributed by atoms with Gasteiger partial charge in [0.2, 0.25) is 27.7 Å². The molecular formula is C21H23N3O5S. The van der Waals surface area contributed by atoms with Gasteiger partial charge in [0.1, 0.15) is 5.69 Å². The number of nitrogens with zero attached hydrogens (tertiary/aromatic N) is 2. The summed E-state index contributed by atoms with van der Waals surface area (Å²) in [5.41, 5.74) is 2.83. The number of pyridine rings is 1. The van der Waals surface area contributed by atoms with E-state index in [1.807, 2.05) is 42.5 Å². The summed E-state index contributed by atoms with van der Waals surface area (Å²) in [6, 6.07) is 16.5. The summed E-state index contributed by atoms with van der Waals surface area (Å²) in [5, 5.41) is 0. The lowest BCUT2D eigenvalue weighted by Gasteiger charge is -2.22. The van der Waals surface area contributed by atoms with Gasteiger partial charge in [-0.15, -0.1) is 0 Å². The molecule has 0 atom stereocenters. The lowest BCUT2D eigenvalue weighted by molar-refractivity contribution is -0.117. The molecule has 0 unspecified atom stereocenters. The maximum atomic E-state index is 12.9. The fraction of sp³-hybridized carbons (Fsp3) is 0.238. The number of sulfonamides is 1. The highest BCUT2D eigenvalue weighted by molar-refractivity contribution is 7.92. The fourth-order valence-corrected chi connectivity index (χ4v) is 4.01. The molecule has 0 aliphatic heterocycles. The van der Waals surface area contributed by atoms with Crippen molar-refractivity contribution >= 4 is 21.6 Å². The van der Waals surface area contributed by atoms with Crippen LogP contribution >= 0.6 is 0 Å². The standard InChI is InChI=1S/C21H23N3O5S/c1-28-19-13-12-18(21(23-19)29-2)24(30(3,26)27)20(25)14-10-16-9-11-17(22-16)15-7-5-4-6-8-15/h4-9,11-13,22H,10,14H2,1-3H3. The Labute approximate surface area is 175 Å². The highest BCUT2D eigenvalue weighted by Gasteiger charge is 2.29. The molecule has 158 valence electrons. The van der Waals surface area contributed by atoms with E-state index in [9.17, 15) is 13.2 Å². The zero-order chi connectivity index (χ0) is 21.7. The number of amides is 1. The molecule has 0 saturated carbocycles. The van der Waals surface area contributed by atoms with Gasteiger partial charge in [0.15, 0.2) is 0 Å². The van der Waals surface area contributed by atoms with Crippen molar-refractivity contribution in [1.29, 1.82) is 0 Å². The summed E-state index contributed by atoms with van der Waals surface area (Å²) in [7, 11) is -1.12. The molecule has 0 aliphatic carbocycles. The minimum Gasteiger partial charge on any atom is -0.481 e. The van der Waals surface area contributed by atoms with Crippen LogP contribution in [0.15, 0.2) is 54.6 Å². The zero-order valence-electron chi connectivity index (χ0n) is 17.0. The molecule has 0 saturated heterocycles. The quantitative estimate of drug-likeness (QED) is 0.591. The van der Waals surface area contributed by atoms with E-state index < -0.39 is 15.9 Å². The molecule has 2 aromatic heterocycles. The third-order valence-corrected chi connectivity index (χ3v) is 5.50. The largest absolute Gasteiger partial charge is 0.481 e. The highest BCUT2D eigenvalue weighted by atomic mass is 32.2. The van der Waals surface area contributed by atoms with Crippen molar-refractivity contribution in [2.24, 2.45) is 0 Å². The molecule has 0 aliphatic rings. The number of hydrogen-bond acceptors (Lipinski definition) is 6. The fourth-order valence-electron chi connectivity index (χ4n) is 3.05. The summed E-state index contributed by atoms with van der Waals surface area (Å²) < 4.78 is 35.7. The normalized spacial score (nSPS) is 11.2. The number of nitrogens with one attached hydrogen (secondary N) is 1. The van der Waals surface area contributed by atoms with Crippen LogP contribution in [0, 0.1) is 0 Å². The van der Waals surface area contributed by atoms with Crippen molar-refractivity contribution in [1.82, 2.24) is 9.97 Å². The predicted octanol–water partition coefficient (Wildman–Crippen LogP) is 3.02. The van der Waals surface area contributed by atoms with Crippen molar-refractivity contribution in [2.45, 2.75) is 12.8 Å². The second kappa shape index (κ2) is 9.00. The Balaban J connectivity index is 1.80. The number of carbonyl (C=O) groups excluding carboxylic acids is 1. The van der Waals surface area contributed by atoms with E-state index in [0.717, 1.165) is 27.5 Å². The third kappa shape index (κ3) is 4.80. The minimum absolute atomic E-state index is 0.0145. The molecule has 0 radical (unpaired) electrons. The van der Waals surface area contributed by atoms with Crippen LogP contribution in [-0.4, -0.2) is 44.8 Å². The van der Waals surface area contributed by atoms with Crippen LogP contribution in [0.3, 0.4) is 0 Å². The number of H-pyrrole nitrogens is 1. The number of ether oxygens (including phenoxy) is 2. The molecule has 30 heavy (non-hydrogen) atoms. The van der Waals surface area contributed by atoms with Gasteiger partial charge in [0, 0.05) is 23.9 Å². The average molecular weight is 429 g/mol. The topological polar surface area (TPSA) is 102 Å². The van der Waals surface area contributed by atoms with Crippen LogP contribution in [-0.2, 0) is 21.2 Å². The first-order chi connectivity index (χ1) is 14.3. The van der Waals surface area contributed by atoms with Gasteiger partial charge in [0.05, 0.1) is 20.5 Å². The van der Waals surface area contributed by atoms with E-state index in [0.29, 0.717) is 6.42 Å². The minimum atomic E-state index is -3.90. The Kier molecular flexibility index (Phi) is 6.41. The van der Waals surface area contributed by atoms with E-state index in [1.54, 1.807) is 0 Å². The molecule has 9 heteroatoms. The summed E-state index contributed by atoms with van der Waals surface area (Å²) in [6.07, 6.45) is 1.30. The van der Waals surface area contributed by atoms with Gasteiger partial charge in [-0.1, -0.05) is 30.3 Å². The van der Waals surface area contributed by atoms with E-state index in [-0.39, 0.29) is 23.9 Å². The molecular weight excluding hydrogens is 406 g/mol. The van der Waals surface area contributed by atoms with Crippen molar-refractivity contribution in [3.05, 3.63) is 60.3 Å². The Hall–Kier alpha value is -3.33. The van der Waals surface area contributed by atoms with Gasteiger partial charge in [-0.25, -0.2) is 12.7 Å². The molecule has 1 amide bonds. The number of rotatable bonds is 8. The van der Waals surface area contributed by atoms with Gasteiger partial charge in [-0.05, 0) is 30.2 Å². The predicted molar refractivity (Wildman–Crippen MR) is 114 cm³/mol. The summed E-state index contributed by atoms with van der Waals surface area (Å²) in [4.78, 5) is 20.2. The second-order valence-corrected chi connectivity index (χ2v) is 8.40. The lowest BCUT2D eigenvalue weighted by atomic mass is 10.2. The van der Waals surface area contributed by atoms with Gasteiger partial charge >= 0.3 is 0 Å². The van der Waals surface area contributed by atoms with Crippen LogP contribution in [0.2, 0.25) is 0 Å². The number of carbonyl (C=O) groups is 1. The number of aromatic amines is 1. The van der Waals surface area contributed by atoms with Crippen LogP contribution in [0.25, 0.3) is 11.3 Å². The van der Waals surface area contributed by atoms with Gasteiger partial charge in [-0.2, -0.15) is 4.98 Å². The van der Waals surface area contributed by atoms with E-state index >= 15 is 0 Å². The highest BCUT2D eigenvalue weighted by Crippen LogP contribution is 2.31. The monoisotopic (exact) mass is 429 g/mol. The van der Waals surface area contributed by atoms with Crippen LogP contribution in [0.5, 0.6) is 11.8 Å². The third-order valence-electron chi connectivity index (χ3n) is 4.43. The maximum Gasteiger partial charge on any atom is 0.242 e. The first kappa shape index (κ1) is 21.4. The van der Waals surface area contributed by atoms with Gasteiger partial charge in [0.25, 0.3) is 0 Å². The molecule has 0 fully saturated rings. The van der Waals surface area contributed by atoms with Crippen LogP contribution in [0.4, 0.5) is 5.69 Å². The first-order valence-corrected chi connectivity index (χ1v) is 11.0. The lowest BCUT2D eigenvalue weighted by Crippen LogP contribution is -2.36.